The second-order valence-corrected chi connectivity index (χ2v) is 3.67. The van der Waals surface area contributed by atoms with Gasteiger partial charge in [-0.3, -0.25) is 4.79 Å². The van der Waals surface area contributed by atoms with Gasteiger partial charge in [0, 0.05) is 23.6 Å². The molecule has 3 rings (SSSR count). The summed E-state index contributed by atoms with van der Waals surface area (Å²) in [5.41, 5.74) is 2.82. The Kier molecular flexibility index (Phi) is 1.93. The van der Waals surface area contributed by atoms with E-state index in [0.29, 0.717) is 12.2 Å². The number of aromatic nitrogens is 2. The van der Waals surface area contributed by atoms with Crippen molar-refractivity contribution in [2.45, 2.75) is 6.42 Å². The fourth-order valence-electron chi connectivity index (χ4n) is 1.80. The summed E-state index contributed by atoms with van der Waals surface area (Å²) >= 11 is 0. The molecule has 0 saturated carbocycles. The molecular weight excluding hydrogens is 202 g/mol. The van der Waals surface area contributed by atoms with Gasteiger partial charge in [-0.15, -0.1) is 0 Å². The van der Waals surface area contributed by atoms with Crippen LogP contribution in [0.5, 0.6) is 0 Å². The molecule has 0 aliphatic carbocycles. The topological polar surface area (TPSA) is 54.9 Å². The van der Waals surface area contributed by atoms with E-state index in [1.165, 1.54) is 0 Å². The molecule has 2 aromatic rings. The van der Waals surface area contributed by atoms with E-state index in [9.17, 15) is 4.79 Å². The normalized spacial score (nSPS) is 13.4. The molecule has 78 valence electrons. The van der Waals surface area contributed by atoms with E-state index in [1.54, 1.807) is 18.5 Å². The number of amides is 1. The lowest BCUT2D eigenvalue weighted by Gasteiger charge is -2.02. The number of fused-ring (bicyclic) bond motifs is 1. The lowest BCUT2D eigenvalue weighted by atomic mass is 10.1. The van der Waals surface area contributed by atoms with Crippen molar-refractivity contribution in [2.75, 3.05) is 5.32 Å². The van der Waals surface area contributed by atoms with Crippen molar-refractivity contribution in [3.05, 3.63) is 42.2 Å². The van der Waals surface area contributed by atoms with E-state index in [2.05, 4.69) is 15.3 Å². The number of anilines is 1. The summed E-state index contributed by atoms with van der Waals surface area (Å²) in [6, 6.07) is 7.57. The Morgan fingerprint density at radius 3 is 2.81 bits per heavy atom. The largest absolute Gasteiger partial charge is 0.326 e. The lowest BCUT2D eigenvalue weighted by molar-refractivity contribution is -0.115. The number of hydrogen-bond donors (Lipinski definition) is 1. The molecule has 1 N–H and O–H groups in total. The molecule has 16 heavy (non-hydrogen) atoms. The van der Waals surface area contributed by atoms with Gasteiger partial charge in [0.1, 0.15) is 0 Å². The average molecular weight is 211 g/mol. The second-order valence-electron chi connectivity index (χ2n) is 3.67. The summed E-state index contributed by atoms with van der Waals surface area (Å²) in [7, 11) is 0. The first-order chi connectivity index (χ1) is 7.83. The van der Waals surface area contributed by atoms with Crippen LogP contribution in [0.2, 0.25) is 0 Å². The quantitative estimate of drug-likeness (QED) is 0.780. The first-order valence-corrected chi connectivity index (χ1v) is 5.03. The van der Waals surface area contributed by atoms with Crippen LogP contribution >= 0.6 is 0 Å². The van der Waals surface area contributed by atoms with Gasteiger partial charge < -0.3 is 5.32 Å². The third-order valence-electron chi connectivity index (χ3n) is 2.56. The molecule has 0 saturated heterocycles. The Hall–Kier alpha value is -2.23. The summed E-state index contributed by atoms with van der Waals surface area (Å²) in [6.45, 7) is 0. The van der Waals surface area contributed by atoms with Crippen LogP contribution in [0.15, 0.2) is 36.7 Å². The van der Waals surface area contributed by atoms with Crippen molar-refractivity contribution >= 4 is 11.6 Å². The number of rotatable bonds is 1. The summed E-state index contributed by atoms with van der Waals surface area (Å²) in [6.07, 6.45) is 3.87. The molecule has 0 spiro atoms. The minimum absolute atomic E-state index is 0.0427. The van der Waals surface area contributed by atoms with E-state index in [4.69, 9.17) is 0 Å². The van der Waals surface area contributed by atoms with E-state index >= 15 is 0 Å². The molecule has 4 heteroatoms. The molecule has 4 nitrogen and oxygen atoms in total. The van der Waals surface area contributed by atoms with Gasteiger partial charge >= 0.3 is 0 Å². The Morgan fingerprint density at radius 2 is 2.00 bits per heavy atom. The van der Waals surface area contributed by atoms with Crippen molar-refractivity contribution < 1.29 is 4.79 Å². The van der Waals surface area contributed by atoms with Gasteiger partial charge in [-0.2, -0.15) is 0 Å². The van der Waals surface area contributed by atoms with Gasteiger partial charge in [0.2, 0.25) is 5.91 Å². The third kappa shape index (κ3) is 1.44. The Morgan fingerprint density at radius 1 is 1.19 bits per heavy atom. The zero-order chi connectivity index (χ0) is 11.0. The highest BCUT2D eigenvalue weighted by Crippen LogP contribution is 2.27. The molecule has 1 aromatic heterocycles. The summed E-state index contributed by atoms with van der Waals surface area (Å²) in [5.74, 6) is 0.715. The Labute approximate surface area is 92.4 Å². The summed E-state index contributed by atoms with van der Waals surface area (Å²) in [5, 5.41) is 2.81. The first-order valence-electron chi connectivity index (χ1n) is 5.03. The molecule has 0 atom stereocenters. The predicted octanol–water partition coefficient (Wildman–Crippen LogP) is 1.64. The van der Waals surface area contributed by atoms with Crippen LogP contribution in [0.3, 0.4) is 0 Å². The molecular formula is C12H9N3O. The van der Waals surface area contributed by atoms with Gasteiger partial charge in [-0.05, 0) is 17.7 Å². The molecule has 0 unspecified atom stereocenters. The van der Waals surface area contributed by atoms with Crippen LogP contribution in [0.25, 0.3) is 11.4 Å². The van der Waals surface area contributed by atoms with Crippen LogP contribution < -0.4 is 5.32 Å². The fourth-order valence-corrected chi connectivity index (χ4v) is 1.80. The molecule has 2 heterocycles. The summed E-state index contributed by atoms with van der Waals surface area (Å²) < 4.78 is 0. The van der Waals surface area contributed by atoms with E-state index in [-0.39, 0.29) is 5.91 Å². The molecule has 0 fully saturated rings. The highest BCUT2D eigenvalue weighted by Gasteiger charge is 2.17. The van der Waals surface area contributed by atoms with Crippen LogP contribution in [0.1, 0.15) is 5.56 Å². The number of benzene rings is 1. The minimum Gasteiger partial charge on any atom is -0.326 e. The number of carbonyl (C=O) groups is 1. The zero-order valence-corrected chi connectivity index (χ0v) is 8.47. The van der Waals surface area contributed by atoms with Crippen molar-refractivity contribution in [1.29, 1.82) is 0 Å². The Bertz CT molecular complexity index is 551. The van der Waals surface area contributed by atoms with Crippen molar-refractivity contribution in [2.24, 2.45) is 0 Å². The standard InChI is InChI=1S/C12H9N3O/c16-11-7-8-2-3-9(6-10(8)15-11)12-13-4-1-5-14-12/h1-6H,7H2,(H,15,16). The molecule has 1 aliphatic rings. The van der Waals surface area contributed by atoms with E-state index in [0.717, 1.165) is 16.8 Å². The van der Waals surface area contributed by atoms with Crippen molar-refractivity contribution in [3.8, 4) is 11.4 Å². The fraction of sp³-hybridized carbons (Fsp3) is 0.0833. The first kappa shape index (κ1) is 9.03. The predicted molar refractivity (Wildman–Crippen MR) is 59.8 cm³/mol. The molecule has 0 bridgehead atoms. The highest BCUT2D eigenvalue weighted by molar-refractivity contribution is 5.99. The van der Waals surface area contributed by atoms with Crippen LogP contribution in [-0.2, 0) is 11.2 Å². The lowest BCUT2D eigenvalue weighted by Crippen LogP contribution is -2.03. The maximum atomic E-state index is 11.2. The molecule has 0 radical (unpaired) electrons. The number of hydrogen-bond acceptors (Lipinski definition) is 3. The van der Waals surface area contributed by atoms with Gasteiger partial charge in [0.05, 0.1) is 6.42 Å². The van der Waals surface area contributed by atoms with Gasteiger partial charge in [-0.1, -0.05) is 12.1 Å². The Balaban J connectivity index is 2.06. The molecule has 1 aliphatic heterocycles. The zero-order valence-electron chi connectivity index (χ0n) is 8.47. The summed E-state index contributed by atoms with van der Waals surface area (Å²) in [4.78, 5) is 19.5. The van der Waals surface area contributed by atoms with Gasteiger partial charge in [-0.25, -0.2) is 9.97 Å². The van der Waals surface area contributed by atoms with Crippen molar-refractivity contribution in [3.63, 3.8) is 0 Å². The maximum Gasteiger partial charge on any atom is 0.228 e. The van der Waals surface area contributed by atoms with Crippen LogP contribution in [0.4, 0.5) is 5.69 Å². The monoisotopic (exact) mass is 211 g/mol. The third-order valence-corrected chi connectivity index (χ3v) is 2.56. The van der Waals surface area contributed by atoms with E-state index in [1.807, 2.05) is 18.2 Å². The number of nitrogens with zero attached hydrogens (tertiary/aromatic N) is 2. The number of nitrogens with one attached hydrogen (secondary N) is 1. The van der Waals surface area contributed by atoms with Crippen LogP contribution in [0, 0.1) is 0 Å². The minimum atomic E-state index is 0.0427. The van der Waals surface area contributed by atoms with Gasteiger partial charge in [0.25, 0.3) is 0 Å². The highest BCUT2D eigenvalue weighted by atomic mass is 16.1. The van der Waals surface area contributed by atoms with Gasteiger partial charge in [0.15, 0.2) is 5.82 Å². The second kappa shape index (κ2) is 3.41. The SMILES string of the molecule is O=C1Cc2ccc(-c3ncccn3)cc2N1. The average Bonchev–Trinajstić information content (AvgIpc) is 2.69. The smallest absolute Gasteiger partial charge is 0.228 e. The number of carbonyl (C=O) groups excluding carboxylic acids is 1. The van der Waals surface area contributed by atoms with Crippen LogP contribution in [-0.4, -0.2) is 15.9 Å². The maximum absolute atomic E-state index is 11.2. The molecule has 1 aromatic carbocycles. The van der Waals surface area contributed by atoms with E-state index < -0.39 is 0 Å². The molecule has 1 amide bonds. The van der Waals surface area contributed by atoms with Crippen molar-refractivity contribution in [1.82, 2.24) is 9.97 Å².